The number of benzene rings is 2. The van der Waals surface area contributed by atoms with Crippen LogP contribution in [-0.4, -0.2) is 48.4 Å². The lowest BCUT2D eigenvalue weighted by Crippen LogP contribution is -2.36. The van der Waals surface area contributed by atoms with Gasteiger partial charge in [0.05, 0.1) is 43.1 Å². The quantitative estimate of drug-likeness (QED) is 0.559. The van der Waals surface area contributed by atoms with Gasteiger partial charge in [0.2, 0.25) is 0 Å². The third kappa shape index (κ3) is 6.39. The Morgan fingerprint density at radius 2 is 1.82 bits per heavy atom. The highest BCUT2D eigenvalue weighted by Crippen LogP contribution is 2.31. The molecule has 7 heteroatoms. The van der Waals surface area contributed by atoms with Crippen LogP contribution in [0.15, 0.2) is 42.6 Å². The van der Waals surface area contributed by atoms with Crippen molar-refractivity contribution in [3.63, 3.8) is 0 Å². The molecule has 180 valence electrons. The summed E-state index contributed by atoms with van der Waals surface area (Å²) in [5.74, 6) is 0.546. The second-order valence-electron chi connectivity index (χ2n) is 7.31. The predicted molar refractivity (Wildman–Crippen MR) is 134 cm³/mol. The van der Waals surface area contributed by atoms with Gasteiger partial charge < -0.3 is 19.6 Å². The van der Waals surface area contributed by atoms with Gasteiger partial charge in [-0.3, -0.25) is 4.98 Å². The lowest BCUT2D eigenvalue weighted by Gasteiger charge is -2.30. The van der Waals surface area contributed by atoms with Crippen LogP contribution in [0.1, 0.15) is 51.8 Å². The zero-order chi connectivity index (χ0) is 24.4. The smallest absolute Gasteiger partial charge is 0.148 e. The molecular formula is C26H37FN4O2. The van der Waals surface area contributed by atoms with E-state index in [9.17, 15) is 9.50 Å². The monoisotopic (exact) mass is 456 g/mol. The molecule has 0 bridgehead atoms. The van der Waals surface area contributed by atoms with Gasteiger partial charge in [-0.15, -0.1) is 0 Å². The van der Waals surface area contributed by atoms with E-state index in [2.05, 4.69) is 9.88 Å². The van der Waals surface area contributed by atoms with Gasteiger partial charge in [-0.2, -0.15) is 0 Å². The molecule has 0 radical (unpaired) electrons. The maximum absolute atomic E-state index is 13.7. The highest BCUT2D eigenvalue weighted by atomic mass is 19.1. The van der Waals surface area contributed by atoms with Crippen LogP contribution in [0.5, 0.6) is 0 Å². The van der Waals surface area contributed by atoms with Crippen LogP contribution in [0.3, 0.4) is 0 Å². The predicted octanol–water partition coefficient (Wildman–Crippen LogP) is 5.35. The number of aliphatic hydroxyl groups excluding tert-OH is 1. The third-order valence-electron chi connectivity index (χ3n) is 5.49. The Labute approximate surface area is 197 Å². The zero-order valence-electron chi connectivity index (χ0n) is 20.7. The summed E-state index contributed by atoms with van der Waals surface area (Å²) in [6, 6.07) is 10.3. The topological polar surface area (TPSA) is 61.7 Å². The Kier molecular flexibility index (Phi) is 10.5. The number of ether oxygens (including phenoxy) is 1. The second-order valence-corrected chi connectivity index (χ2v) is 7.31. The maximum Gasteiger partial charge on any atom is 0.148 e. The average Bonchev–Trinajstić information content (AvgIpc) is 2.89. The standard InChI is InChI=1S/C22H25FN4O2.2C2H6/c1-15(26(2)18-5-3-4-17(23)12-18)19-10-16(14-28)11-20-22(19)25-21(13-24-20)27-6-8-29-9-7-27;2*1-2/h3-5,10-13,15,28H,6-9,14H2,1-2H3;2*1-2H3. The molecule has 0 saturated carbocycles. The van der Waals surface area contributed by atoms with Crippen LogP contribution in [0.2, 0.25) is 0 Å². The summed E-state index contributed by atoms with van der Waals surface area (Å²) in [5.41, 5.74) is 4.03. The van der Waals surface area contributed by atoms with E-state index in [0.29, 0.717) is 13.2 Å². The van der Waals surface area contributed by atoms with E-state index in [1.165, 1.54) is 12.1 Å². The first-order valence-electron chi connectivity index (χ1n) is 11.8. The number of anilines is 2. The van der Waals surface area contributed by atoms with Crippen molar-refractivity contribution in [2.75, 3.05) is 43.2 Å². The molecule has 0 spiro atoms. The van der Waals surface area contributed by atoms with Gasteiger partial charge in [0, 0.05) is 31.4 Å². The molecule has 6 nitrogen and oxygen atoms in total. The Hall–Kier alpha value is -2.77. The number of nitrogens with zero attached hydrogens (tertiary/aromatic N) is 4. The fourth-order valence-corrected chi connectivity index (χ4v) is 3.67. The largest absolute Gasteiger partial charge is 0.392 e. The van der Waals surface area contributed by atoms with Crippen LogP contribution >= 0.6 is 0 Å². The first kappa shape index (κ1) is 26.5. The number of aliphatic hydroxyl groups is 1. The normalized spacial score (nSPS) is 14.0. The van der Waals surface area contributed by atoms with E-state index in [1.54, 1.807) is 12.3 Å². The molecular weight excluding hydrogens is 419 g/mol. The number of hydrogen-bond donors (Lipinski definition) is 1. The van der Waals surface area contributed by atoms with Crippen LogP contribution in [0.4, 0.5) is 15.9 Å². The Morgan fingerprint density at radius 1 is 1.12 bits per heavy atom. The summed E-state index contributed by atoms with van der Waals surface area (Å²) in [4.78, 5) is 13.7. The number of aromatic nitrogens is 2. The van der Waals surface area contributed by atoms with Crippen LogP contribution in [-0.2, 0) is 11.3 Å². The summed E-state index contributed by atoms with van der Waals surface area (Å²) in [6.07, 6.45) is 1.78. The molecule has 0 aliphatic carbocycles. The Balaban J connectivity index is 0.000000914. The number of fused-ring (bicyclic) bond motifs is 1. The third-order valence-corrected chi connectivity index (χ3v) is 5.49. The van der Waals surface area contributed by atoms with Crippen molar-refractivity contribution in [2.24, 2.45) is 0 Å². The summed E-state index contributed by atoms with van der Waals surface area (Å²) in [6.45, 7) is 12.9. The number of hydrogen-bond acceptors (Lipinski definition) is 6. The molecule has 1 fully saturated rings. The van der Waals surface area contributed by atoms with Crippen molar-refractivity contribution >= 4 is 22.5 Å². The maximum atomic E-state index is 13.7. The van der Waals surface area contributed by atoms with Gasteiger partial charge in [-0.25, -0.2) is 9.37 Å². The molecule has 0 amide bonds. The van der Waals surface area contributed by atoms with Gasteiger partial charge in [0.25, 0.3) is 0 Å². The summed E-state index contributed by atoms with van der Waals surface area (Å²) < 4.78 is 19.2. The SMILES string of the molecule is CC.CC.CC(c1cc(CO)cc2ncc(N3CCOCC3)nc12)N(C)c1cccc(F)c1. The summed E-state index contributed by atoms with van der Waals surface area (Å²) >= 11 is 0. The van der Waals surface area contributed by atoms with Gasteiger partial charge in [-0.05, 0) is 42.8 Å². The molecule has 2 heterocycles. The molecule has 1 atom stereocenters. The number of halogens is 1. The van der Waals surface area contributed by atoms with E-state index in [0.717, 1.165) is 46.8 Å². The molecule has 3 aromatic rings. The van der Waals surface area contributed by atoms with Crippen LogP contribution < -0.4 is 9.80 Å². The minimum atomic E-state index is -0.273. The van der Waals surface area contributed by atoms with Gasteiger partial charge >= 0.3 is 0 Å². The zero-order valence-corrected chi connectivity index (χ0v) is 20.7. The van der Waals surface area contributed by atoms with Crippen LogP contribution in [0.25, 0.3) is 11.0 Å². The second kappa shape index (κ2) is 13.1. The van der Waals surface area contributed by atoms with Crippen molar-refractivity contribution in [3.05, 3.63) is 59.5 Å². The fraction of sp³-hybridized carbons (Fsp3) is 0.462. The molecule has 33 heavy (non-hydrogen) atoms. The van der Waals surface area contributed by atoms with Crippen molar-refractivity contribution in [1.82, 2.24) is 9.97 Å². The molecule has 1 aliphatic heterocycles. The minimum absolute atomic E-state index is 0.0771. The summed E-state index contributed by atoms with van der Waals surface area (Å²) in [7, 11) is 1.93. The van der Waals surface area contributed by atoms with Crippen LogP contribution in [0, 0.1) is 5.82 Å². The molecule has 1 N–H and O–H groups in total. The van der Waals surface area contributed by atoms with Gasteiger partial charge in [-0.1, -0.05) is 33.8 Å². The molecule has 1 unspecified atom stereocenters. The highest BCUT2D eigenvalue weighted by Gasteiger charge is 2.20. The highest BCUT2D eigenvalue weighted by molar-refractivity contribution is 5.81. The van der Waals surface area contributed by atoms with Gasteiger partial charge in [0.15, 0.2) is 0 Å². The molecule has 2 aromatic carbocycles. The van der Waals surface area contributed by atoms with Crippen molar-refractivity contribution < 1.29 is 14.2 Å². The number of rotatable bonds is 5. The van der Waals surface area contributed by atoms with Crippen molar-refractivity contribution in [3.8, 4) is 0 Å². The van der Waals surface area contributed by atoms with E-state index in [1.807, 2.05) is 64.8 Å². The minimum Gasteiger partial charge on any atom is -0.392 e. The first-order valence-corrected chi connectivity index (χ1v) is 11.8. The number of morpholine rings is 1. The lowest BCUT2D eigenvalue weighted by atomic mass is 10.0. The van der Waals surface area contributed by atoms with E-state index < -0.39 is 0 Å². The van der Waals surface area contributed by atoms with E-state index >= 15 is 0 Å². The van der Waals surface area contributed by atoms with E-state index in [4.69, 9.17) is 9.72 Å². The van der Waals surface area contributed by atoms with Gasteiger partial charge in [0.1, 0.15) is 11.6 Å². The molecule has 1 aromatic heterocycles. The molecule has 1 aliphatic rings. The van der Waals surface area contributed by atoms with Crippen molar-refractivity contribution in [1.29, 1.82) is 0 Å². The Morgan fingerprint density at radius 3 is 2.45 bits per heavy atom. The lowest BCUT2D eigenvalue weighted by molar-refractivity contribution is 0.122. The fourth-order valence-electron chi connectivity index (χ4n) is 3.67. The van der Waals surface area contributed by atoms with E-state index in [-0.39, 0.29) is 18.5 Å². The average molecular weight is 457 g/mol. The first-order chi connectivity index (χ1) is 16.1. The molecule has 4 rings (SSSR count). The Bertz CT molecular complexity index is 1010. The van der Waals surface area contributed by atoms with Crippen molar-refractivity contribution in [2.45, 2.75) is 47.3 Å². The molecule has 1 saturated heterocycles. The summed E-state index contributed by atoms with van der Waals surface area (Å²) in [5, 5.41) is 9.72.